The van der Waals surface area contributed by atoms with Gasteiger partial charge in [-0.15, -0.1) is 0 Å². The lowest BCUT2D eigenvalue weighted by Gasteiger charge is -2.21. The zero-order valence-electron chi connectivity index (χ0n) is 15.9. The molecule has 3 rings (SSSR count). The third kappa shape index (κ3) is 4.40. The molecule has 0 saturated heterocycles. The standard InChI is InChI=1S/C21H21ClN4O2/c1-4-26(16-8-6-5-7-9-16)21(27)18-13-20(24-14(2)23-18)25-15-10-11-19(28-3)17(22)12-15/h5-13H,4H2,1-3H3,(H,23,24,25). The summed E-state index contributed by atoms with van der Waals surface area (Å²) in [6, 6.07) is 16.5. The van der Waals surface area contributed by atoms with Gasteiger partial charge in [-0.3, -0.25) is 4.79 Å². The lowest BCUT2D eigenvalue weighted by Crippen LogP contribution is -2.31. The van der Waals surface area contributed by atoms with Crippen LogP contribution in [0.5, 0.6) is 5.75 Å². The highest BCUT2D eigenvalue weighted by molar-refractivity contribution is 6.32. The molecule has 3 aromatic rings. The number of rotatable bonds is 6. The maximum atomic E-state index is 13.0. The Bertz CT molecular complexity index is 979. The van der Waals surface area contributed by atoms with Gasteiger partial charge < -0.3 is 15.0 Å². The Morgan fingerprint density at radius 2 is 1.89 bits per heavy atom. The van der Waals surface area contributed by atoms with E-state index in [-0.39, 0.29) is 5.91 Å². The Kier molecular flexibility index (Phi) is 6.11. The van der Waals surface area contributed by atoms with Crippen LogP contribution in [0, 0.1) is 6.92 Å². The highest BCUT2D eigenvalue weighted by Gasteiger charge is 2.19. The van der Waals surface area contributed by atoms with E-state index in [1.165, 1.54) is 0 Å². The van der Waals surface area contributed by atoms with Crippen LogP contribution in [0.15, 0.2) is 54.6 Å². The number of nitrogens with one attached hydrogen (secondary N) is 1. The number of benzene rings is 2. The monoisotopic (exact) mass is 396 g/mol. The maximum absolute atomic E-state index is 13.0. The molecule has 0 atom stereocenters. The number of amides is 1. The van der Waals surface area contributed by atoms with Gasteiger partial charge in [0.05, 0.1) is 12.1 Å². The normalized spacial score (nSPS) is 10.4. The fourth-order valence-corrected chi connectivity index (χ4v) is 3.08. The van der Waals surface area contributed by atoms with Crippen molar-refractivity contribution < 1.29 is 9.53 Å². The van der Waals surface area contributed by atoms with Crippen molar-refractivity contribution in [3.63, 3.8) is 0 Å². The van der Waals surface area contributed by atoms with Crippen LogP contribution in [0.3, 0.4) is 0 Å². The minimum Gasteiger partial charge on any atom is -0.495 e. The van der Waals surface area contributed by atoms with Crippen molar-refractivity contribution in [1.29, 1.82) is 0 Å². The Labute approximate surface area is 169 Å². The van der Waals surface area contributed by atoms with Gasteiger partial charge in [0.1, 0.15) is 23.1 Å². The lowest BCUT2D eigenvalue weighted by atomic mass is 10.2. The van der Waals surface area contributed by atoms with Gasteiger partial charge in [-0.1, -0.05) is 29.8 Å². The molecule has 1 amide bonds. The van der Waals surface area contributed by atoms with E-state index in [0.717, 1.165) is 11.4 Å². The number of para-hydroxylation sites is 1. The number of hydrogen-bond donors (Lipinski definition) is 1. The third-order valence-corrected chi connectivity index (χ3v) is 4.41. The van der Waals surface area contributed by atoms with E-state index in [1.54, 1.807) is 37.1 Å². The minimum atomic E-state index is -0.185. The number of hydrogen-bond acceptors (Lipinski definition) is 5. The van der Waals surface area contributed by atoms with Gasteiger partial charge in [0.25, 0.3) is 5.91 Å². The second-order valence-corrected chi connectivity index (χ2v) is 6.45. The summed E-state index contributed by atoms with van der Waals surface area (Å²) in [5.74, 6) is 1.41. The van der Waals surface area contributed by atoms with Crippen LogP contribution in [0.25, 0.3) is 0 Å². The largest absolute Gasteiger partial charge is 0.495 e. The smallest absolute Gasteiger partial charge is 0.277 e. The van der Waals surface area contributed by atoms with Crippen molar-refractivity contribution in [2.24, 2.45) is 0 Å². The van der Waals surface area contributed by atoms with E-state index in [2.05, 4.69) is 15.3 Å². The summed E-state index contributed by atoms with van der Waals surface area (Å²) in [5, 5.41) is 3.65. The molecule has 28 heavy (non-hydrogen) atoms. The van der Waals surface area contributed by atoms with Crippen molar-refractivity contribution in [3.05, 3.63) is 71.1 Å². The van der Waals surface area contributed by atoms with Crippen LogP contribution in [0.2, 0.25) is 5.02 Å². The predicted octanol–water partition coefficient (Wildman–Crippen LogP) is 4.86. The van der Waals surface area contributed by atoms with Gasteiger partial charge in [-0.05, 0) is 44.2 Å². The molecule has 0 aliphatic heterocycles. The zero-order chi connectivity index (χ0) is 20.1. The second kappa shape index (κ2) is 8.71. The van der Waals surface area contributed by atoms with Gasteiger partial charge >= 0.3 is 0 Å². The quantitative estimate of drug-likeness (QED) is 0.644. The van der Waals surface area contributed by atoms with E-state index in [1.807, 2.05) is 43.3 Å². The summed E-state index contributed by atoms with van der Waals surface area (Å²) >= 11 is 6.18. The predicted molar refractivity (Wildman–Crippen MR) is 112 cm³/mol. The number of halogens is 1. The number of aryl methyl sites for hydroxylation is 1. The fraction of sp³-hybridized carbons (Fsp3) is 0.190. The van der Waals surface area contributed by atoms with Gasteiger partial charge in [-0.25, -0.2) is 9.97 Å². The Balaban J connectivity index is 1.88. The number of carbonyl (C=O) groups is 1. The highest BCUT2D eigenvalue weighted by Crippen LogP contribution is 2.28. The topological polar surface area (TPSA) is 67.4 Å². The summed E-state index contributed by atoms with van der Waals surface area (Å²) in [6.07, 6.45) is 0. The summed E-state index contributed by atoms with van der Waals surface area (Å²) in [4.78, 5) is 23.4. The number of methoxy groups -OCH3 is 1. The highest BCUT2D eigenvalue weighted by atomic mass is 35.5. The van der Waals surface area contributed by atoms with Crippen molar-refractivity contribution in [2.75, 3.05) is 23.9 Å². The first-order chi connectivity index (χ1) is 13.5. The molecule has 144 valence electrons. The Hall–Kier alpha value is -3.12. The number of ether oxygens (including phenoxy) is 1. The van der Waals surface area contributed by atoms with E-state index < -0.39 is 0 Å². The second-order valence-electron chi connectivity index (χ2n) is 6.04. The van der Waals surface area contributed by atoms with Crippen LogP contribution >= 0.6 is 11.6 Å². The molecule has 6 nitrogen and oxygen atoms in total. The molecule has 0 unspecified atom stereocenters. The summed E-state index contributed by atoms with van der Waals surface area (Å²) in [7, 11) is 1.56. The van der Waals surface area contributed by atoms with E-state index in [9.17, 15) is 4.79 Å². The van der Waals surface area contributed by atoms with Crippen LogP contribution in [-0.4, -0.2) is 29.5 Å². The molecular formula is C21H21ClN4O2. The first-order valence-electron chi connectivity index (χ1n) is 8.85. The Morgan fingerprint density at radius 1 is 1.14 bits per heavy atom. The fourth-order valence-electron chi connectivity index (χ4n) is 2.82. The first-order valence-corrected chi connectivity index (χ1v) is 9.22. The average Bonchev–Trinajstić information content (AvgIpc) is 2.69. The van der Waals surface area contributed by atoms with Crippen molar-refractivity contribution >= 4 is 34.7 Å². The summed E-state index contributed by atoms with van der Waals surface area (Å²) in [5.41, 5.74) is 1.88. The van der Waals surface area contributed by atoms with Crippen LogP contribution in [0.1, 0.15) is 23.2 Å². The summed E-state index contributed by atoms with van der Waals surface area (Å²) in [6.45, 7) is 4.21. The van der Waals surface area contributed by atoms with Crippen LogP contribution in [0.4, 0.5) is 17.2 Å². The van der Waals surface area contributed by atoms with Crippen molar-refractivity contribution in [2.45, 2.75) is 13.8 Å². The number of aromatic nitrogens is 2. The molecule has 7 heteroatoms. The molecule has 0 fully saturated rings. The van der Waals surface area contributed by atoms with Gasteiger partial charge in [-0.2, -0.15) is 0 Å². The number of anilines is 3. The van der Waals surface area contributed by atoms with Crippen molar-refractivity contribution in [3.8, 4) is 5.75 Å². The number of nitrogens with zero attached hydrogens (tertiary/aromatic N) is 3. The van der Waals surface area contributed by atoms with E-state index >= 15 is 0 Å². The van der Waals surface area contributed by atoms with E-state index in [0.29, 0.717) is 34.7 Å². The first kappa shape index (κ1) is 19.6. The van der Waals surface area contributed by atoms with Crippen LogP contribution < -0.4 is 15.0 Å². The molecule has 1 aromatic heterocycles. The molecule has 1 N–H and O–H groups in total. The summed E-state index contributed by atoms with van der Waals surface area (Å²) < 4.78 is 5.17. The minimum absolute atomic E-state index is 0.185. The molecule has 0 aliphatic rings. The van der Waals surface area contributed by atoms with Gasteiger partial charge in [0, 0.05) is 24.0 Å². The molecule has 0 bridgehead atoms. The maximum Gasteiger partial charge on any atom is 0.277 e. The molecule has 0 saturated carbocycles. The average molecular weight is 397 g/mol. The molecule has 1 heterocycles. The third-order valence-electron chi connectivity index (χ3n) is 4.11. The lowest BCUT2D eigenvalue weighted by molar-refractivity contribution is 0.0983. The molecule has 2 aromatic carbocycles. The van der Waals surface area contributed by atoms with Crippen LogP contribution in [-0.2, 0) is 0 Å². The molecule has 0 spiro atoms. The van der Waals surface area contributed by atoms with E-state index in [4.69, 9.17) is 16.3 Å². The van der Waals surface area contributed by atoms with Gasteiger partial charge in [0.2, 0.25) is 0 Å². The molecule has 0 aliphatic carbocycles. The Morgan fingerprint density at radius 3 is 2.54 bits per heavy atom. The SMILES string of the molecule is CCN(C(=O)c1cc(Nc2ccc(OC)c(Cl)c2)nc(C)n1)c1ccccc1. The van der Waals surface area contributed by atoms with Gasteiger partial charge in [0.15, 0.2) is 0 Å². The zero-order valence-corrected chi connectivity index (χ0v) is 16.7. The van der Waals surface area contributed by atoms with Crippen molar-refractivity contribution in [1.82, 2.24) is 9.97 Å². The number of carbonyl (C=O) groups excluding carboxylic acids is 1. The molecular weight excluding hydrogens is 376 g/mol. The molecule has 0 radical (unpaired) electrons.